The highest BCUT2D eigenvalue weighted by Gasteiger charge is 2.33. The van der Waals surface area contributed by atoms with Crippen molar-refractivity contribution in [3.05, 3.63) is 28.5 Å². The number of pyridine rings is 1. The quantitative estimate of drug-likeness (QED) is 0.631. The normalized spacial score (nSPS) is 10.5. The Bertz CT molecular complexity index is 517. The molecule has 0 aromatic carbocycles. The van der Waals surface area contributed by atoms with E-state index in [1.165, 1.54) is 13.0 Å². The zero-order valence-electron chi connectivity index (χ0n) is 9.23. The van der Waals surface area contributed by atoms with Crippen LogP contribution in [0.5, 0.6) is 0 Å². The molecule has 7 heteroatoms. The summed E-state index contributed by atoms with van der Waals surface area (Å²) in [7, 11) is 0. The maximum Gasteiger partial charge on any atom is 0.433 e. The third-order valence-corrected chi connectivity index (χ3v) is 1.94. The van der Waals surface area contributed by atoms with Crippen LogP contribution >= 0.6 is 11.6 Å². The molecular weight excluding hydrogens is 269 g/mol. The van der Waals surface area contributed by atoms with Crippen molar-refractivity contribution in [3.8, 4) is 11.8 Å². The van der Waals surface area contributed by atoms with E-state index in [4.69, 9.17) is 11.6 Å². The van der Waals surface area contributed by atoms with Gasteiger partial charge in [0.05, 0.1) is 6.54 Å². The molecule has 0 saturated carbocycles. The highest BCUT2D eigenvalue weighted by atomic mass is 35.5. The van der Waals surface area contributed by atoms with Crippen LogP contribution in [-0.2, 0) is 11.0 Å². The smallest absolute Gasteiger partial charge is 0.345 e. The van der Waals surface area contributed by atoms with Crippen molar-refractivity contribution >= 4 is 17.5 Å². The summed E-state index contributed by atoms with van der Waals surface area (Å²) in [6, 6.07) is 2.02. The van der Waals surface area contributed by atoms with Gasteiger partial charge in [-0.15, -0.1) is 0 Å². The lowest BCUT2D eigenvalue weighted by Crippen LogP contribution is -2.19. The Balaban J connectivity index is 2.90. The molecule has 0 radical (unpaired) electrons. The number of amides is 1. The Labute approximate surface area is 106 Å². The van der Waals surface area contributed by atoms with Crippen LogP contribution in [0.25, 0.3) is 0 Å². The second-order valence-electron chi connectivity index (χ2n) is 3.27. The Kier molecular flexibility index (Phi) is 4.56. The maximum atomic E-state index is 12.4. The Morgan fingerprint density at radius 1 is 1.50 bits per heavy atom. The molecule has 0 atom stereocenters. The molecule has 96 valence electrons. The molecule has 1 aromatic heterocycles. The summed E-state index contributed by atoms with van der Waals surface area (Å²) in [6.45, 7) is 1.36. The van der Waals surface area contributed by atoms with Crippen LogP contribution in [0.1, 0.15) is 18.2 Å². The highest BCUT2D eigenvalue weighted by Crippen LogP contribution is 2.29. The van der Waals surface area contributed by atoms with Crippen molar-refractivity contribution in [2.45, 2.75) is 13.1 Å². The summed E-state index contributed by atoms with van der Waals surface area (Å²) in [5.74, 6) is 4.70. The second kappa shape index (κ2) is 5.74. The van der Waals surface area contributed by atoms with Crippen LogP contribution < -0.4 is 5.32 Å². The number of hydrogen-bond acceptors (Lipinski definition) is 2. The van der Waals surface area contributed by atoms with Gasteiger partial charge in [0.25, 0.3) is 0 Å². The summed E-state index contributed by atoms with van der Waals surface area (Å²) in [5.41, 5.74) is -1.01. The molecule has 0 aliphatic rings. The molecule has 0 aliphatic carbocycles. The van der Waals surface area contributed by atoms with E-state index in [1.807, 2.05) is 0 Å². The summed E-state index contributed by atoms with van der Waals surface area (Å²) in [5, 5.41) is 2.11. The zero-order valence-corrected chi connectivity index (χ0v) is 9.99. The highest BCUT2D eigenvalue weighted by molar-refractivity contribution is 6.29. The molecule has 1 aromatic rings. The van der Waals surface area contributed by atoms with Crippen LogP contribution in [0.4, 0.5) is 13.2 Å². The standard InChI is InChI=1S/C11H8ClF3N2O/c1-7(18)16-4-2-3-8-5-9(11(13,14)15)17-10(12)6-8/h5-6H,4H2,1H3,(H,16,18). The van der Waals surface area contributed by atoms with Crippen molar-refractivity contribution in [2.24, 2.45) is 0 Å². The number of nitrogens with zero attached hydrogens (tertiary/aromatic N) is 1. The summed E-state index contributed by atoms with van der Waals surface area (Å²) >= 11 is 5.47. The van der Waals surface area contributed by atoms with E-state index < -0.39 is 11.9 Å². The summed E-state index contributed by atoms with van der Waals surface area (Å²) in [6.07, 6.45) is -4.57. The molecule has 0 aliphatic heterocycles. The van der Waals surface area contributed by atoms with Crippen molar-refractivity contribution in [1.29, 1.82) is 0 Å². The number of nitrogens with one attached hydrogen (secondary N) is 1. The van der Waals surface area contributed by atoms with Gasteiger partial charge in [-0.2, -0.15) is 13.2 Å². The van der Waals surface area contributed by atoms with Crippen molar-refractivity contribution in [2.75, 3.05) is 6.54 Å². The topological polar surface area (TPSA) is 42.0 Å². The van der Waals surface area contributed by atoms with E-state index in [0.29, 0.717) is 0 Å². The largest absolute Gasteiger partial charge is 0.433 e. The van der Waals surface area contributed by atoms with Gasteiger partial charge < -0.3 is 5.32 Å². The number of carbonyl (C=O) groups is 1. The maximum absolute atomic E-state index is 12.4. The minimum absolute atomic E-state index is 0.0522. The molecule has 0 unspecified atom stereocenters. The first-order valence-corrected chi connectivity index (χ1v) is 5.15. The van der Waals surface area contributed by atoms with Gasteiger partial charge in [-0.05, 0) is 12.1 Å². The van der Waals surface area contributed by atoms with Crippen molar-refractivity contribution < 1.29 is 18.0 Å². The first-order chi connectivity index (χ1) is 8.29. The number of carbonyl (C=O) groups excluding carboxylic acids is 1. The summed E-state index contributed by atoms with van der Waals surface area (Å²) in [4.78, 5) is 13.7. The Hall–Kier alpha value is -1.74. The first-order valence-electron chi connectivity index (χ1n) is 4.77. The third-order valence-electron chi connectivity index (χ3n) is 1.74. The van der Waals surface area contributed by atoms with Crippen LogP contribution in [0.2, 0.25) is 5.15 Å². The van der Waals surface area contributed by atoms with Gasteiger partial charge in [-0.25, -0.2) is 4.98 Å². The third kappa shape index (κ3) is 4.63. The van der Waals surface area contributed by atoms with Gasteiger partial charge in [-0.1, -0.05) is 23.4 Å². The number of halogens is 4. The predicted molar refractivity (Wildman–Crippen MR) is 59.8 cm³/mol. The van der Waals surface area contributed by atoms with Crippen molar-refractivity contribution in [3.63, 3.8) is 0 Å². The van der Waals surface area contributed by atoms with E-state index in [9.17, 15) is 18.0 Å². The average Bonchev–Trinajstić information content (AvgIpc) is 2.22. The van der Waals surface area contributed by atoms with Crippen LogP contribution in [0.15, 0.2) is 12.1 Å². The van der Waals surface area contributed by atoms with Gasteiger partial charge in [0.15, 0.2) is 0 Å². The van der Waals surface area contributed by atoms with E-state index in [0.717, 1.165) is 6.07 Å². The Morgan fingerprint density at radius 3 is 2.72 bits per heavy atom. The lowest BCUT2D eigenvalue weighted by molar-refractivity contribution is -0.141. The average molecular weight is 277 g/mol. The molecule has 1 rings (SSSR count). The molecule has 1 heterocycles. The fourth-order valence-electron chi connectivity index (χ4n) is 1.03. The minimum atomic E-state index is -4.57. The van der Waals surface area contributed by atoms with Crippen LogP contribution in [-0.4, -0.2) is 17.4 Å². The van der Waals surface area contributed by atoms with Gasteiger partial charge in [0, 0.05) is 12.5 Å². The van der Waals surface area contributed by atoms with Gasteiger partial charge in [-0.3, -0.25) is 4.79 Å². The van der Waals surface area contributed by atoms with Crippen LogP contribution in [0, 0.1) is 11.8 Å². The molecule has 0 fully saturated rings. The fourth-order valence-corrected chi connectivity index (χ4v) is 1.24. The lowest BCUT2D eigenvalue weighted by Gasteiger charge is -2.05. The SMILES string of the molecule is CC(=O)NCC#Cc1cc(Cl)nc(C(F)(F)F)c1. The second-order valence-corrected chi connectivity index (χ2v) is 3.66. The number of alkyl halides is 3. The molecule has 1 amide bonds. The van der Waals surface area contributed by atoms with Gasteiger partial charge in [0.1, 0.15) is 10.8 Å². The van der Waals surface area contributed by atoms with Gasteiger partial charge in [0.2, 0.25) is 5.91 Å². The van der Waals surface area contributed by atoms with E-state index >= 15 is 0 Å². The molecular formula is C11H8ClF3N2O. The van der Waals surface area contributed by atoms with Gasteiger partial charge >= 0.3 is 6.18 Å². The molecule has 1 N–H and O–H groups in total. The number of aromatic nitrogens is 1. The first kappa shape index (κ1) is 14.3. The fraction of sp³-hybridized carbons (Fsp3) is 0.273. The summed E-state index contributed by atoms with van der Waals surface area (Å²) < 4.78 is 37.2. The number of rotatable bonds is 1. The van der Waals surface area contributed by atoms with E-state index in [-0.39, 0.29) is 23.2 Å². The lowest BCUT2D eigenvalue weighted by atomic mass is 10.2. The zero-order chi connectivity index (χ0) is 13.8. The number of hydrogen-bond donors (Lipinski definition) is 1. The van der Waals surface area contributed by atoms with Crippen molar-refractivity contribution in [1.82, 2.24) is 10.3 Å². The monoisotopic (exact) mass is 276 g/mol. The Morgan fingerprint density at radius 2 is 2.17 bits per heavy atom. The predicted octanol–water partition coefficient (Wildman–Crippen LogP) is 2.24. The van der Waals surface area contributed by atoms with E-state index in [1.54, 1.807) is 0 Å². The minimum Gasteiger partial charge on any atom is -0.345 e. The molecule has 18 heavy (non-hydrogen) atoms. The molecule has 0 saturated heterocycles. The molecule has 0 bridgehead atoms. The van der Waals surface area contributed by atoms with E-state index in [2.05, 4.69) is 22.1 Å². The van der Waals surface area contributed by atoms with Crippen LogP contribution in [0.3, 0.4) is 0 Å². The molecule has 0 spiro atoms. The molecule has 3 nitrogen and oxygen atoms in total.